The molecule has 0 unspecified atom stereocenters. The van der Waals surface area contributed by atoms with Crippen molar-refractivity contribution in [2.75, 3.05) is 5.32 Å². The van der Waals surface area contributed by atoms with Crippen molar-refractivity contribution in [2.24, 2.45) is 0 Å². The smallest absolute Gasteiger partial charge is 0.277 e. The Labute approximate surface area is 161 Å². The summed E-state index contributed by atoms with van der Waals surface area (Å²) in [6.07, 6.45) is 0. The number of carbonyl (C=O) groups excluding carboxylic acids is 1. The van der Waals surface area contributed by atoms with Crippen molar-refractivity contribution in [3.63, 3.8) is 0 Å². The molecule has 0 saturated heterocycles. The maximum atomic E-state index is 13.6. The summed E-state index contributed by atoms with van der Waals surface area (Å²) in [6, 6.07) is 8.48. The molecule has 1 atom stereocenters. The van der Waals surface area contributed by atoms with Crippen LogP contribution in [-0.4, -0.2) is 26.3 Å². The Hall–Kier alpha value is -3.34. The summed E-state index contributed by atoms with van der Waals surface area (Å²) < 4.78 is 32.0. The zero-order chi connectivity index (χ0) is 20.3. The van der Waals surface area contributed by atoms with Gasteiger partial charge in [-0.25, -0.2) is 8.78 Å². The molecular formula is C17H12F2N4O4S. The number of thioether (sulfide) groups is 1. The fourth-order valence-electron chi connectivity index (χ4n) is 2.16. The van der Waals surface area contributed by atoms with Crippen LogP contribution in [0.2, 0.25) is 0 Å². The zero-order valence-electron chi connectivity index (χ0n) is 14.3. The van der Waals surface area contributed by atoms with Gasteiger partial charge in [0, 0.05) is 23.8 Å². The van der Waals surface area contributed by atoms with Crippen LogP contribution in [0.25, 0.3) is 11.5 Å². The van der Waals surface area contributed by atoms with Crippen LogP contribution in [0.4, 0.5) is 20.2 Å². The van der Waals surface area contributed by atoms with Crippen LogP contribution < -0.4 is 5.32 Å². The highest BCUT2D eigenvalue weighted by Crippen LogP contribution is 2.28. The molecule has 0 bridgehead atoms. The molecule has 1 heterocycles. The lowest BCUT2D eigenvalue weighted by Crippen LogP contribution is -2.23. The number of rotatable bonds is 6. The minimum absolute atomic E-state index is 0.0587. The molecule has 1 amide bonds. The summed E-state index contributed by atoms with van der Waals surface area (Å²) in [7, 11) is 0. The molecule has 0 radical (unpaired) electrons. The van der Waals surface area contributed by atoms with Crippen LogP contribution in [0.3, 0.4) is 0 Å². The monoisotopic (exact) mass is 406 g/mol. The van der Waals surface area contributed by atoms with Crippen LogP contribution in [-0.2, 0) is 4.79 Å². The Morgan fingerprint density at radius 1 is 1.25 bits per heavy atom. The van der Waals surface area contributed by atoms with E-state index in [9.17, 15) is 23.7 Å². The third-order valence-corrected chi connectivity index (χ3v) is 4.48. The number of hydrogen-bond acceptors (Lipinski definition) is 7. The van der Waals surface area contributed by atoms with Crippen molar-refractivity contribution in [3.05, 3.63) is 64.2 Å². The van der Waals surface area contributed by atoms with Crippen molar-refractivity contribution in [3.8, 4) is 11.5 Å². The summed E-state index contributed by atoms with van der Waals surface area (Å²) in [5, 5.41) is 20.1. The second-order valence-electron chi connectivity index (χ2n) is 5.55. The molecule has 11 heteroatoms. The summed E-state index contributed by atoms with van der Waals surface area (Å²) >= 11 is 0.923. The summed E-state index contributed by atoms with van der Waals surface area (Å²) in [4.78, 5) is 22.5. The fourth-order valence-corrected chi connectivity index (χ4v) is 2.84. The molecule has 0 aliphatic heterocycles. The number of hydrogen-bond donors (Lipinski definition) is 1. The number of aromatic nitrogens is 2. The van der Waals surface area contributed by atoms with E-state index in [4.69, 9.17) is 4.42 Å². The van der Waals surface area contributed by atoms with Gasteiger partial charge in [-0.3, -0.25) is 14.9 Å². The number of non-ortho nitro benzene ring substituents is 1. The molecular weight excluding hydrogens is 394 g/mol. The van der Waals surface area contributed by atoms with Gasteiger partial charge in [-0.2, -0.15) is 0 Å². The first-order chi connectivity index (χ1) is 13.3. The van der Waals surface area contributed by atoms with E-state index < -0.39 is 27.7 Å². The second-order valence-corrected chi connectivity index (χ2v) is 6.85. The van der Waals surface area contributed by atoms with E-state index in [0.29, 0.717) is 11.6 Å². The van der Waals surface area contributed by atoms with E-state index >= 15 is 0 Å². The standard InChI is InChI=1S/C17H12F2N4O4S/c1-9(15(24)20-14-6-5-11(18)8-13(14)19)28-17-22-21-16(27-17)10-3-2-4-12(7-10)23(25)26/h2-9H,1H3,(H,20,24)/t9-/m0/s1. The Balaban J connectivity index is 1.68. The molecule has 2 aromatic carbocycles. The third kappa shape index (κ3) is 4.49. The number of amides is 1. The van der Waals surface area contributed by atoms with Crippen molar-refractivity contribution >= 4 is 29.0 Å². The normalized spacial score (nSPS) is 11.8. The zero-order valence-corrected chi connectivity index (χ0v) is 15.1. The van der Waals surface area contributed by atoms with Gasteiger partial charge in [0.1, 0.15) is 11.6 Å². The average Bonchev–Trinajstić information content (AvgIpc) is 3.12. The highest BCUT2D eigenvalue weighted by Gasteiger charge is 2.20. The number of nitrogens with one attached hydrogen (secondary N) is 1. The molecule has 1 aromatic heterocycles. The molecule has 1 N–H and O–H groups in total. The lowest BCUT2D eigenvalue weighted by Gasteiger charge is -2.10. The van der Waals surface area contributed by atoms with Gasteiger partial charge in [0.2, 0.25) is 11.8 Å². The number of nitro benzene ring substituents is 1. The maximum Gasteiger partial charge on any atom is 0.277 e. The van der Waals surface area contributed by atoms with E-state index in [2.05, 4.69) is 15.5 Å². The number of nitrogens with zero attached hydrogens (tertiary/aromatic N) is 3. The maximum absolute atomic E-state index is 13.6. The van der Waals surface area contributed by atoms with Crippen LogP contribution in [0.15, 0.2) is 52.1 Å². The molecule has 0 spiro atoms. The van der Waals surface area contributed by atoms with Gasteiger partial charge in [-0.05, 0) is 25.1 Å². The first kappa shape index (κ1) is 19.4. The highest BCUT2D eigenvalue weighted by molar-refractivity contribution is 8.00. The average molecular weight is 406 g/mol. The summed E-state index contributed by atoms with van der Waals surface area (Å²) in [5.74, 6) is -2.14. The minimum atomic E-state index is -0.892. The van der Waals surface area contributed by atoms with E-state index in [1.165, 1.54) is 18.2 Å². The van der Waals surface area contributed by atoms with Gasteiger partial charge < -0.3 is 9.73 Å². The quantitative estimate of drug-likeness (QED) is 0.373. The van der Waals surface area contributed by atoms with Crippen LogP contribution >= 0.6 is 11.8 Å². The molecule has 0 saturated carbocycles. The van der Waals surface area contributed by atoms with Crippen LogP contribution in [0.1, 0.15) is 6.92 Å². The third-order valence-electron chi connectivity index (χ3n) is 3.55. The van der Waals surface area contributed by atoms with Gasteiger partial charge in [-0.15, -0.1) is 10.2 Å². The fraction of sp³-hybridized carbons (Fsp3) is 0.118. The largest absolute Gasteiger partial charge is 0.411 e. The highest BCUT2D eigenvalue weighted by atomic mass is 32.2. The van der Waals surface area contributed by atoms with Crippen molar-refractivity contribution in [1.82, 2.24) is 10.2 Å². The Morgan fingerprint density at radius 2 is 2.04 bits per heavy atom. The summed E-state index contributed by atoms with van der Waals surface area (Å²) in [6.45, 7) is 1.54. The lowest BCUT2D eigenvalue weighted by atomic mass is 10.2. The molecule has 0 fully saturated rings. The predicted octanol–water partition coefficient (Wildman–Crippen LogP) is 4.04. The lowest BCUT2D eigenvalue weighted by molar-refractivity contribution is -0.384. The van der Waals surface area contributed by atoms with E-state index in [-0.39, 0.29) is 22.5 Å². The first-order valence-electron chi connectivity index (χ1n) is 7.84. The van der Waals surface area contributed by atoms with Crippen molar-refractivity contribution < 1.29 is 22.9 Å². The first-order valence-corrected chi connectivity index (χ1v) is 8.72. The molecule has 8 nitrogen and oxygen atoms in total. The molecule has 3 rings (SSSR count). The van der Waals surface area contributed by atoms with Gasteiger partial charge in [0.05, 0.1) is 15.9 Å². The van der Waals surface area contributed by atoms with Gasteiger partial charge in [0.15, 0.2) is 0 Å². The molecule has 3 aromatic rings. The van der Waals surface area contributed by atoms with Crippen LogP contribution in [0, 0.1) is 21.7 Å². The van der Waals surface area contributed by atoms with Gasteiger partial charge in [-0.1, -0.05) is 17.8 Å². The van der Waals surface area contributed by atoms with Crippen LogP contribution in [0.5, 0.6) is 0 Å². The Kier molecular flexibility index (Phi) is 5.64. The molecule has 0 aliphatic rings. The Bertz CT molecular complexity index is 1040. The number of benzene rings is 2. The van der Waals surface area contributed by atoms with Gasteiger partial charge in [0.25, 0.3) is 10.9 Å². The summed E-state index contributed by atoms with van der Waals surface area (Å²) in [5.41, 5.74) is 0.0830. The molecule has 28 heavy (non-hydrogen) atoms. The number of nitro groups is 1. The predicted molar refractivity (Wildman–Crippen MR) is 96.7 cm³/mol. The van der Waals surface area contributed by atoms with Gasteiger partial charge >= 0.3 is 0 Å². The van der Waals surface area contributed by atoms with E-state index in [1.54, 1.807) is 13.0 Å². The van der Waals surface area contributed by atoms with E-state index in [0.717, 1.165) is 23.9 Å². The SMILES string of the molecule is C[C@H](Sc1nnc(-c2cccc([N+](=O)[O-])c2)o1)C(=O)Nc1ccc(F)cc1F. The number of carbonyl (C=O) groups is 1. The number of anilines is 1. The molecule has 0 aliphatic carbocycles. The molecule has 144 valence electrons. The number of halogens is 2. The van der Waals surface area contributed by atoms with Crippen molar-refractivity contribution in [2.45, 2.75) is 17.4 Å². The Morgan fingerprint density at radius 3 is 2.75 bits per heavy atom. The second kappa shape index (κ2) is 8.13. The van der Waals surface area contributed by atoms with Crippen molar-refractivity contribution in [1.29, 1.82) is 0 Å². The van der Waals surface area contributed by atoms with E-state index in [1.807, 2.05) is 0 Å². The topological polar surface area (TPSA) is 111 Å². The minimum Gasteiger partial charge on any atom is -0.411 e.